The smallest absolute Gasteiger partial charge is 0.00676 e. The Balaban J connectivity index is 2.28. The largest absolute Gasteiger partial charge is 0.330 e. The van der Waals surface area contributed by atoms with Crippen molar-refractivity contribution in [3.05, 3.63) is 0 Å². The maximum absolute atomic E-state index is 5.51. The number of hydrogen-bond acceptors (Lipinski definition) is 2. The Kier molecular flexibility index (Phi) is 4.20. The average Bonchev–Trinajstić information content (AvgIpc) is 2.43. The van der Waals surface area contributed by atoms with E-state index in [9.17, 15) is 0 Å². The van der Waals surface area contributed by atoms with Gasteiger partial charge in [-0.05, 0) is 38.1 Å². The zero-order chi connectivity index (χ0) is 9.84. The van der Waals surface area contributed by atoms with Crippen LogP contribution >= 0.6 is 0 Å². The second kappa shape index (κ2) is 4.97. The van der Waals surface area contributed by atoms with Crippen LogP contribution in [0.15, 0.2) is 0 Å². The minimum Gasteiger partial charge on any atom is -0.330 e. The van der Waals surface area contributed by atoms with Crippen molar-refractivity contribution in [3.8, 4) is 0 Å². The molecular weight excluding hydrogens is 160 g/mol. The van der Waals surface area contributed by atoms with Crippen LogP contribution in [0, 0.1) is 11.8 Å². The van der Waals surface area contributed by atoms with E-state index in [1.54, 1.807) is 0 Å². The SMILES string of the molecule is CC1CN(C(C)CCCN)CC1C. The molecule has 1 heterocycles. The Morgan fingerprint density at radius 3 is 2.31 bits per heavy atom. The van der Waals surface area contributed by atoms with Crippen LogP contribution in [0.25, 0.3) is 0 Å². The summed E-state index contributed by atoms with van der Waals surface area (Å²) in [5.74, 6) is 1.75. The lowest BCUT2D eigenvalue weighted by Gasteiger charge is -2.23. The lowest BCUT2D eigenvalue weighted by molar-refractivity contribution is 0.234. The van der Waals surface area contributed by atoms with Crippen LogP contribution in [0.3, 0.4) is 0 Å². The van der Waals surface area contributed by atoms with Gasteiger partial charge in [-0.3, -0.25) is 0 Å². The topological polar surface area (TPSA) is 29.3 Å². The molecule has 2 heteroatoms. The fourth-order valence-corrected chi connectivity index (χ4v) is 2.13. The highest BCUT2D eigenvalue weighted by atomic mass is 15.2. The normalized spacial score (nSPS) is 32.3. The van der Waals surface area contributed by atoms with Gasteiger partial charge in [0.15, 0.2) is 0 Å². The van der Waals surface area contributed by atoms with Gasteiger partial charge < -0.3 is 10.6 Å². The first-order chi connectivity index (χ1) is 6.15. The molecule has 0 saturated carbocycles. The summed E-state index contributed by atoms with van der Waals surface area (Å²) < 4.78 is 0. The maximum Gasteiger partial charge on any atom is 0.00676 e. The van der Waals surface area contributed by atoms with Gasteiger partial charge in [0, 0.05) is 19.1 Å². The molecular formula is C11H24N2. The standard InChI is InChI=1S/C11H24N2/c1-9-7-13(8-10(9)2)11(3)5-4-6-12/h9-11H,4-8,12H2,1-3H3. The van der Waals surface area contributed by atoms with Crippen LogP contribution in [0.5, 0.6) is 0 Å². The lowest BCUT2D eigenvalue weighted by Crippen LogP contribution is -2.31. The van der Waals surface area contributed by atoms with E-state index in [4.69, 9.17) is 5.73 Å². The van der Waals surface area contributed by atoms with E-state index in [2.05, 4.69) is 25.7 Å². The molecule has 0 bridgehead atoms. The van der Waals surface area contributed by atoms with Crippen molar-refractivity contribution >= 4 is 0 Å². The van der Waals surface area contributed by atoms with Gasteiger partial charge in [0.05, 0.1) is 0 Å². The molecule has 0 radical (unpaired) electrons. The van der Waals surface area contributed by atoms with Gasteiger partial charge >= 0.3 is 0 Å². The molecule has 3 unspecified atom stereocenters. The van der Waals surface area contributed by atoms with Crippen LogP contribution in [0.4, 0.5) is 0 Å². The zero-order valence-electron chi connectivity index (χ0n) is 9.29. The molecule has 3 atom stereocenters. The summed E-state index contributed by atoms with van der Waals surface area (Å²) in [7, 11) is 0. The molecule has 2 N–H and O–H groups in total. The Morgan fingerprint density at radius 2 is 1.85 bits per heavy atom. The van der Waals surface area contributed by atoms with Crippen molar-refractivity contribution in [1.29, 1.82) is 0 Å². The molecule has 0 amide bonds. The molecule has 1 aliphatic rings. The summed E-state index contributed by atoms with van der Waals surface area (Å²) in [6.45, 7) is 10.5. The number of nitrogens with two attached hydrogens (primary N) is 1. The maximum atomic E-state index is 5.51. The van der Waals surface area contributed by atoms with E-state index >= 15 is 0 Å². The Hall–Kier alpha value is -0.0800. The van der Waals surface area contributed by atoms with Crippen LogP contribution in [-0.2, 0) is 0 Å². The van der Waals surface area contributed by atoms with Crippen LogP contribution < -0.4 is 5.73 Å². The van der Waals surface area contributed by atoms with E-state index < -0.39 is 0 Å². The second-order valence-electron chi connectivity index (χ2n) is 4.69. The molecule has 0 aliphatic carbocycles. The fraction of sp³-hybridized carbons (Fsp3) is 1.00. The van der Waals surface area contributed by atoms with E-state index in [0.717, 1.165) is 24.4 Å². The van der Waals surface area contributed by atoms with E-state index in [1.807, 2.05) is 0 Å². The van der Waals surface area contributed by atoms with Crippen LogP contribution in [0.2, 0.25) is 0 Å². The van der Waals surface area contributed by atoms with Gasteiger partial charge in [-0.25, -0.2) is 0 Å². The average molecular weight is 184 g/mol. The van der Waals surface area contributed by atoms with Crippen molar-refractivity contribution in [2.24, 2.45) is 17.6 Å². The highest BCUT2D eigenvalue weighted by Crippen LogP contribution is 2.24. The number of rotatable bonds is 4. The predicted molar refractivity (Wildman–Crippen MR) is 57.7 cm³/mol. The molecule has 13 heavy (non-hydrogen) atoms. The third kappa shape index (κ3) is 2.96. The van der Waals surface area contributed by atoms with Crippen molar-refractivity contribution in [2.45, 2.75) is 39.7 Å². The molecule has 0 spiro atoms. The van der Waals surface area contributed by atoms with E-state index in [-0.39, 0.29) is 0 Å². The number of nitrogens with zero attached hydrogens (tertiary/aromatic N) is 1. The predicted octanol–water partition coefficient (Wildman–Crippen LogP) is 1.70. The summed E-state index contributed by atoms with van der Waals surface area (Å²) in [6, 6.07) is 0.732. The molecule has 0 aromatic rings. The van der Waals surface area contributed by atoms with Crippen molar-refractivity contribution < 1.29 is 0 Å². The summed E-state index contributed by atoms with van der Waals surface area (Å²) >= 11 is 0. The molecule has 1 saturated heterocycles. The fourth-order valence-electron chi connectivity index (χ4n) is 2.13. The lowest BCUT2D eigenvalue weighted by atomic mass is 10.0. The Labute approximate surface area is 82.5 Å². The molecule has 0 aromatic heterocycles. The first-order valence-corrected chi connectivity index (χ1v) is 5.59. The highest BCUT2D eigenvalue weighted by Gasteiger charge is 2.28. The quantitative estimate of drug-likeness (QED) is 0.720. The summed E-state index contributed by atoms with van der Waals surface area (Å²) in [4.78, 5) is 2.62. The summed E-state index contributed by atoms with van der Waals surface area (Å²) in [6.07, 6.45) is 2.43. The van der Waals surface area contributed by atoms with Gasteiger partial charge in [0.1, 0.15) is 0 Å². The van der Waals surface area contributed by atoms with Crippen LogP contribution in [-0.4, -0.2) is 30.6 Å². The summed E-state index contributed by atoms with van der Waals surface area (Å²) in [5.41, 5.74) is 5.51. The minimum atomic E-state index is 0.732. The van der Waals surface area contributed by atoms with Crippen LogP contribution in [0.1, 0.15) is 33.6 Å². The monoisotopic (exact) mass is 184 g/mol. The third-order valence-electron chi connectivity index (χ3n) is 3.47. The molecule has 1 aliphatic heterocycles. The van der Waals surface area contributed by atoms with Crippen molar-refractivity contribution in [3.63, 3.8) is 0 Å². The third-order valence-corrected chi connectivity index (χ3v) is 3.47. The molecule has 1 fully saturated rings. The van der Waals surface area contributed by atoms with Gasteiger partial charge in [0.2, 0.25) is 0 Å². The van der Waals surface area contributed by atoms with Gasteiger partial charge in [0.25, 0.3) is 0 Å². The molecule has 0 aromatic carbocycles. The van der Waals surface area contributed by atoms with Crippen molar-refractivity contribution in [2.75, 3.05) is 19.6 Å². The minimum absolute atomic E-state index is 0.732. The summed E-state index contributed by atoms with van der Waals surface area (Å²) in [5, 5.41) is 0. The Bertz CT molecular complexity index is 137. The van der Waals surface area contributed by atoms with E-state index in [0.29, 0.717) is 0 Å². The highest BCUT2D eigenvalue weighted by molar-refractivity contribution is 4.81. The molecule has 2 nitrogen and oxygen atoms in total. The van der Waals surface area contributed by atoms with Gasteiger partial charge in [-0.2, -0.15) is 0 Å². The number of hydrogen-bond donors (Lipinski definition) is 1. The first-order valence-electron chi connectivity index (χ1n) is 5.59. The Morgan fingerprint density at radius 1 is 1.31 bits per heavy atom. The number of likely N-dealkylation sites (tertiary alicyclic amines) is 1. The first kappa shape index (κ1) is 11.0. The van der Waals surface area contributed by atoms with Crippen molar-refractivity contribution in [1.82, 2.24) is 4.90 Å². The van der Waals surface area contributed by atoms with E-state index in [1.165, 1.54) is 25.9 Å². The van der Waals surface area contributed by atoms with Gasteiger partial charge in [-0.15, -0.1) is 0 Å². The zero-order valence-corrected chi connectivity index (χ0v) is 9.29. The van der Waals surface area contributed by atoms with Gasteiger partial charge in [-0.1, -0.05) is 13.8 Å². The second-order valence-corrected chi connectivity index (χ2v) is 4.69. The molecule has 1 rings (SSSR count). The molecule has 78 valence electrons.